The number of aromatic nitrogens is 4. The Morgan fingerprint density at radius 2 is 1.92 bits per heavy atom. The Morgan fingerprint density at radius 3 is 2.65 bits per heavy atom. The molecule has 2 heterocycles. The summed E-state index contributed by atoms with van der Waals surface area (Å²) < 4.78 is 2.06. The largest absolute Gasteiger partial charge is 0.325 e. The normalized spacial score (nSPS) is 10.7. The molecule has 0 fully saturated rings. The topological polar surface area (TPSA) is 72.7 Å². The zero-order valence-corrected chi connectivity index (χ0v) is 15.7. The van der Waals surface area contributed by atoms with Crippen molar-refractivity contribution in [3.8, 4) is 11.4 Å². The minimum atomic E-state index is -0.0548. The molecule has 3 aromatic rings. The number of thioether (sulfide) groups is 1. The standard InChI is InChI=1S/C19H21N5OS/c1-3-12-24-18(15-8-10-20-11-9-15)22-23-19(24)26-13-17(25)21-16-7-5-4-6-14(16)2/h4-11H,3,12-13H2,1-2H3,(H,21,25). The molecule has 134 valence electrons. The van der Waals surface area contributed by atoms with Crippen molar-refractivity contribution >= 4 is 23.4 Å². The van der Waals surface area contributed by atoms with Crippen molar-refractivity contribution in [1.29, 1.82) is 0 Å². The highest BCUT2D eigenvalue weighted by molar-refractivity contribution is 7.99. The van der Waals surface area contributed by atoms with E-state index in [-0.39, 0.29) is 11.7 Å². The van der Waals surface area contributed by atoms with Crippen LogP contribution in [0.4, 0.5) is 5.69 Å². The van der Waals surface area contributed by atoms with Crippen molar-refractivity contribution in [2.75, 3.05) is 11.1 Å². The van der Waals surface area contributed by atoms with Crippen LogP contribution in [0.25, 0.3) is 11.4 Å². The summed E-state index contributed by atoms with van der Waals surface area (Å²) in [6.07, 6.45) is 4.44. The Labute approximate surface area is 157 Å². The third kappa shape index (κ3) is 4.29. The van der Waals surface area contributed by atoms with E-state index in [0.29, 0.717) is 0 Å². The number of hydrogen-bond donors (Lipinski definition) is 1. The molecule has 0 radical (unpaired) electrons. The van der Waals surface area contributed by atoms with E-state index in [9.17, 15) is 4.79 Å². The van der Waals surface area contributed by atoms with Crippen LogP contribution in [0.5, 0.6) is 0 Å². The van der Waals surface area contributed by atoms with E-state index in [0.717, 1.165) is 40.8 Å². The lowest BCUT2D eigenvalue weighted by molar-refractivity contribution is -0.113. The molecule has 1 amide bonds. The van der Waals surface area contributed by atoms with Crippen LogP contribution in [-0.2, 0) is 11.3 Å². The van der Waals surface area contributed by atoms with E-state index in [1.54, 1.807) is 12.4 Å². The lowest BCUT2D eigenvalue weighted by Gasteiger charge is -2.10. The van der Waals surface area contributed by atoms with E-state index in [2.05, 4.69) is 32.0 Å². The second-order valence-electron chi connectivity index (χ2n) is 5.85. The number of carbonyl (C=O) groups excluding carboxylic acids is 1. The Morgan fingerprint density at radius 1 is 1.15 bits per heavy atom. The van der Waals surface area contributed by atoms with Crippen molar-refractivity contribution in [1.82, 2.24) is 19.7 Å². The van der Waals surface area contributed by atoms with Gasteiger partial charge in [0.15, 0.2) is 11.0 Å². The average molecular weight is 367 g/mol. The van der Waals surface area contributed by atoms with Crippen LogP contribution in [0.2, 0.25) is 0 Å². The minimum Gasteiger partial charge on any atom is -0.325 e. The zero-order valence-electron chi connectivity index (χ0n) is 14.8. The molecule has 26 heavy (non-hydrogen) atoms. The van der Waals surface area contributed by atoms with E-state index in [1.165, 1.54) is 11.8 Å². The lowest BCUT2D eigenvalue weighted by Crippen LogP contribution is -2.15. The first kappa shape index (κ1) is 18.1. The number of aryl methyl sites for hydroxylation is 1. The fourth-order valence-electron chi connectivity index (χ4n) is 2.56. The Bertz CT molecular complexity index is 879. The molecule has 0 aliphatic heterocycles. The Balaban J connectivity index is 1.71. The van der Waals surface area contributed by atoms with Gasteiger partial charge in [0.25, 0.3) is 0 Å². The third-order valence-corrected chi connectivity index (χ3v) is 4.82. The summed E-state index contributed by atoms with van der Waals surface area (Å²) in [5.74, 6) is 1.03. The first-order valence-electron chi connectivity index (χ1n) is 8.51. The Kier molecular flexibility index (Phi) is 6.01. The molecule has 2 aromatic heterocycles. The SMILES string of the molecule is CCCn1c(SCC(=O)Nc2ccccc2C)nnc1-c1ccncc1. The number of nitrogens with zero attached hydrogens (tertiary/aromatic N) is 4. The van der Waals surface area contributed by atoms with Gasteiger partial charge in [0, 0.05) is 30.2 Å². The molecule has 6 nitrogen and oxygen atoms in total. The summed E-state index contributed by atoms with van der Waals surface area (Å²) in [6.45, 7) is 4.88. The van der Waals surface area contributed by atoms with Crippen LogP contribution < -0.4 is 5.32 Å². The minimum absolute atomic E-state index is 0.0548. The van der Waals surface area contributed by atoms with Gasteiger partial charge in [-0.1, -0.05) is 36.9 Å². The monoisotopic (exact) mass is 367 g/mol. The van der Waals surface area contributed by atoms with Crippen molar-refractivity contribution in [3.05, 3.63) is 54.4 Å². The zero-order chi connectivity index (χ0) is 18.4. The molecule has 1 N–H and O–H groups in total. The molecule has 0 saturated heterocycles. The quantitative estimate of drug-likeness (QED) is 0.643. The number of pyridine rings is 1. The molecule has 0 atom stereocenters. The van der Waals surface area contributed by atoms with Gasteiger partial charge in [-0.15, -0.1) is 10.2 Å². The van der Waals surface area contributed by atoms with Crippen LogP contribution in [0.3, 0.4) is 0 Å². The number of amides is 1. The van der Waals surface area contributed by atoms with Gasteiger partial charge in [0.2, 0.25) is 5.91 Å². The number of carbonyl (C=O) groups is 1. The molecule has 0 saturated carbocycles. The van der Waals surface area contributed by atoms with Crippen molar-refractivity contribution in [3.63, 3.8) is 0 Å². The first-order chi connectivity index (χ1) is 12.7. The van der Waals surface area contributed by atoms with Gasteiger partial charge in [-0.3, -0.25) is 9.78 Å². The van der Waals surface area contributed by atoms with E-state index >= 15 is 0 Å². The maximum Gasteiger partial charge on any atom is 0.234 e. The summed E-state index contributed by atoms with van der Waals surface area (Å²) in [7, 11) is 0. The highest BCUT2D eigenvalue weighted by atomic mass is 32.2. The van der Waals surface area contributed by atoms with E-state index in [1.807, 2.05) is 43.3 Å². The maximum absolute atomic E-state index is 12.3. The van der Waals surface area contributed by atoms with Gasteiger partial charge >= 0.3 is 0 Å². The molecule has 0 unspecified atom stereocenters. The molecule has 0 bridgehead atoms. The van der Waals surface area contributed by atoms with Crippen molar-refractivity contribution < 1.29 is 4.79 Å². The second-order valence-corrected chi connectivity index (χ2v) is 6.79. The van der Waals surface area contributed by atoms with Crippen LogP contribution in [0.15, 0.2) is 53.9 Å². The summed E-state index contributed by atoms with van der Waals surface area (Å²) in [5, 5.41) is 12.3. The van der Waals surface area contributed by atoms with Gasteiger partial charge in [0.1, 0.15) is 0 Å². The van der Waals surface area contributed by atoms with E-state index in [4.69, 9.17) is 0 Å². The van der Waals surface area contributed by atoms with E-state index < -0.39 is 0 Å². The molecule has 0 spiro atoms. The molecule has 7 heteroatoms. The summed E-state index contributed by atoms with van der Waals surface area (Å²) in [6, 6.07) is 11.6. The predicted octanol–water partition coefficient (Wildman–Crippen LogP) is 3.79. The summed E-state index contributed by atoms with van der Waals surface area (Å²) in [5.41, 5.74) is 2.85. The molecular formula is C19H21N5OS. The lowest BCUT2D eigenvalue weighted by atomic mass is 10.2. The summed E-state index contributed by atoms with van der Waals surface area (Å²) in [4.78, 5) is 16.3. The summed E-state index contributed by atoms with van der Waals surface area (Å²) >= 11 is 1.40. The van der Waals surface area contributed by atoms with Gasteiger partial charge < -0.3 is 9.88 Å². The Hall–Kier alpha value is -2.67. The fourth-order valence-corrected chi connectivity index (χ4v) is 3.33. The molecule has 0 aliphatic rings. The fraction of sp³-hybridized carbons (Fsp3) is 0.263. The highest BCUT2D eigenvalue weighted by Gasteiger charge is 2.15. The highest BCUT2D eigenvalue weighted by Crippen LogP contribution is 2.24. The maximum atomic E-state index is 12.3. The molecule has 1 aromatic carbocycles. The average Bonchev–Trinajstić information content (AvgIpc) is 3.06. The second kappa shape index (κ2) is 8.62. The number of para-hydroxylation sites is 1. The number of anilines is 1. The molecular weight excluding hydrogens is 346 g/mol. The van der Waals surface area contributed by atoms with Gasteiger partial charge in [-0.05, 0) is 37.1 Å². The van der Waals surface area contributed by atoms with Gasteiger partial charge in [-0.2, -0.15) is 0 Å². The smallest absolute Gasteiger partial charge is 0.234 e. The first-order valence-corrected chi connectivity index (χ1v) is 9.49. The van der Waals surface area contributed by atoms with Crippen LogP contribution in [-0.4, -0.2) is 31.4 Å². The van der Waals surface area contributed by atoms with Crippen LogP contribution in [0.1, 0.15) is 18.9 Å². The number of nitrogens with one attached hydrogen (secondary N) is 1. The van der Waals surface area contributed by atoms with Crippen molar-refractivity contribution in [2.45, 2.75) is 32.0 Å². The van der Waals surface area contributed by atoms with Gasteiger partial charge in [0.05, 0.1) is 5.75 Å². The number of benzene rings is 1. The molecule has 0 aliphatic carbocycles. The number of rotatable bonds is 7. The van der Waals surface area contributed by atoms with Crippen LogP contribution in [0, 0.1) is 6.92 Å². The molecule has 3 rings (SSSR count). The number of hydrogen-bond acceptors (Lipinski definition) is 5. The van der Waals surface area contributed by atoms with Gasteiger partial charge in [-0.25, -0.2) is 0 Å². The van der Waals surface area contributed by atoms with Crippen molar-refractivity contribution in [2.24, 2.45) is 0 Å². The third-order valence-electron chi connectivity index (χ3n) is 3.85. The van der Waals surface area contributed by atoms with Crippen LogP contribution >= 0.6 is 11.8 Å². The predicted molar refractivity (Wildman–Crippen MR) is 104 cm³/mol.